The Morgan fingerprint density at radius 1 is 1.17 bits per heavy atom. The fraction of sp³-hybridized carbons (Fsp3) is 0.571. The van der Waals surface area contributed by atoms with Gasteiger partial charge in [0.25, 0.3) is 0 Å². The summed E-state index contributed by atoms with van der Waals surface area (Å²) in [4.78, 5) is 0. The second-order valence-electron chi connectivity index (χ2n) is 6.34. The lowest BCUT2D eigenvalue weighted by atomic mass is 9.80. The molecule has 0 aromatic heterocycles. The zero-order valence-corrected chi connectivity index (χ0v) is 12.0. The first-order valence-electron chi connectivity index (χ1n) is 6.20. The summed E-state index contributed by atoms with van der Waals surface area (Å²) in [6, 6.07) is 8.22. The van der Waals surface area contributed by atoms with Crippen molar-refractivity contribution in [1.29, 1.82) is 0 Å². The van der Waals surface area contributed by atoms with Gasteiger partial charge in [-0.25, -0.2) is 8.42 Å². The smallest absolute Gasteiger partial charge is 0.152 e. The number of hydrogen-bond acceptors (Lipinski definition) is 3. The molecule has 0 amide bonds. The number of hydrogen-bond donors (Lipinski definition) is 1. The van der Waals surface area contributed by atoms with E-state index in [1.807, 2.05) is 12.1 Å². The highest BCUT2D eigenvalue weighted by Crippen LogP contribution is 2.36. The largest absolute Gasteiger partial charge is 0.330 e. The second-order valence-corrected chi connectivity index (χ2v) is 8.41. The van der Waals surface area contributed by atoms with Crippen LogP contribution in [-0.2, 0) is 20.7 Å². The lowest BCUT2D eigenvalue weighted by molar-refractivity contribution is 0.464. The Bertz CT molecular complexity index is 526. The van der Waals surface area contributed by atoms with Crippen molar-refractivity contribution >= 4 is 9.84 Å². The highest BCUT2D eigenvalue weighted by molar-refractivity contribution is 7.93. The van der Waals surface area contributed by atoms with Crippen molar-refractivity contribution in [2.45, 2.75) is 31.6 Å². The SMILES string of the molecule is CC(C)(C)c1ccc(C2(CN)CS(=O)(=O)C2)cc1. The van der Waals surface area contributed by atoms with E-state index in [0.717, 1.165) is 5.56 Å². The van der Waals surface area contributed by atoms with E-state index < -0.39 is 9.84 Å². The molecule has 1 saturated heterocycles. The standard InChI is InChI=1S/C14H21NO2S/c1-13(2,3)11-4-6-12(7-5-11)14(8-15)9-18(16,17)10-14/h4-7H,8-10,15H2,1-3H3. The molecule has 1 heterocycles. The molecule has 1 aromatic rings. The Kier molecular flexibility index (Phi) is 3.06. The highest BCUT2D eigenvalue weighted by Gasteiger charge is 2.48. The van der Waals surface area contributed by atoms with Gasteiger partial charge >= 0.3 is 0 Å². The van der Waals surface area contributed by atoms with Crippen LogP contribution >= 0.6 is 0 Å². The molecule has 2 N–H and O–H groups in total. The van der Waals surface area contributed by atoms with Gasteiger partial charge in [-0.1, -0.05) is 45.0 Å². The lowest BCUT2D eigenvalue weighted by Crippen LogP contribution is -2.56. The van der Waals surface area contributed by atoms with Gasteiger partial charge in [0.05, 0.1) is 11.5 Å². The monoisotopic (exact) mass is 267 g/mol. The summed E-state index contributed by atoms with van der Waals surface area (Å²) in [7, 11) is -2.87. The summed E-state index contributed by atoms with van der Waals surface area (Å²) in [6.07, 6.45) is 0. The van der Waals surface area contributed by atoms with Gasteiger partial charge in [-0.15, -0.1) is 0 Å². The van der Waals surface area contributed by atoms with E-state index in [9.17, 15) is 8.42 Å². The molecule has 1 aliphatic rings. The van der Waals surface area contributed by atoms with Crippen LogP contribution in [0, 0.1) is 0 Å². The summed E-state index contributed by atoms with van der Waals surface area (Å²) < 4.78 is 22.8. The Labute approximate surface area is 109 Å². The van der Waals surface area contributed by atoms with E-state index >= 15 is 0 Å². The molecule has 0 radical (unpaired) electrons. The van der Waals surface area contributed by atoms with E-state index in [0.29, 0.717) is 6.54 Å². The molecule has 0 saturated carbocycles. The van der Waals surface area contributed by atoms with Crippen LogP contribution in [0.1, 0.15) is 31.9 Å². The number of sulfone groups is 1. The van der Waals surface area contributed by atoms with Crippen molar-refractivity contribution in [2.24, 2.45) is 5.73 Å². The zero-order chi connectivity index (χ0) is 13.6. The summed E-state index contributed by atoms with van der Waals surface area (Å²) >= 11 is 0. The maximum Gasteiger partial charge on any atom is 0.152 e. The van der Waals surface area contributed by atoms with Crippen LogP contribution in [0.4, 0.5) is 0 Å². The lowest BCUT2D eigenvalue weighted by Gasteiger charge is -2.40. The Morgan fingerprint density at radius 2 is 1.67 bits per heavy atom. The van der Waals surface area contributed by atoms with Gasteiger partial charge in [0.2, 0.25) is 0 Å². The van der Waals surface area contributed by atoms with Crippen molar-refractivity contribution in [3.05, 3.63) is 35.4 Å². The second kappa shape index (κ2) is 4.07. The molecule has 1 aliphatic heterocycles. The van der Waals surface area contributed by atoms with Gasteiger partial charge in [-0.05, 0) is 16.5 Å². The van der Waals surface area contributed by atoms with Gasteiger partial charge in [0.15, 0.2) is 9.84 Å². The molecule has 100 valence electrons. The minimum atomic E-state index is -2.87. The molecule has 0 unspecified atom stereocenters. The summed E-state index contributed by atoms with van der Waals surface area (Å²) in [5, 5.41) is 0. The maximum atomic E-state index is 11.4. The van der Waals surface area contributed by atoms with Crippen molar-refractivity contribution in [3.8, 4) is 0 Å². The molecule has 0 spiro atoms. The van der Waals surface area contributed by atoms with Gasteiger partial charge in [0.1, 0.15) is 0 Å². The van der Waals surface area contributed by atoms with Gasteiger partial charge < -0.3 is 5.73 Å². The molecular formula is C14H21NO2S. The van der Waals surface area contributed by atoms with E-state index in [1.165, 1.54) is 5.56 Å². The quantitative estimate of drug-likeness (QED) is 0.885. The first-order valence-corrected chi connectivity index (χ1v) is 8.02. The number of rotatable bonds is 2. The average molecular weight is 267 g/mol. The predicted molar refractivity (Wildman–Crippen MR) is 74.5 cm³/mol. The molecule has 4 heteroatoms. The van der Waals surface area contributed by atoms with Crippen molar-refractivity contribution in [3.63, 3.8) is 0 Å². The van der Waals surface area contributed by atoms with Crippen molar-refractivity contribution in [1.82, 2.24) is 0 Å². The molecule has 3 nitrogen and oxygen atoms in total. The van der Waals surface area contributed by atoms with Gasteiger partial charge in [0, 0.05) is 12.0 Å². The number of benzene rings is 1. The molecule has 1 aromatic carbocycles. The van der Waals surface area contributed by atoms with Crippen LogP contribution in [0.3, 0.4) is 0 Å². The third-order valence-corrected chi connectivity index (χ3v) is 5.73. The van der Waals surface area contributed by atoms with Gasteiger partial charge in [-0.3, -0.25) is 0 Å². The van der Waals surface area contributed by atoms with Crippen molar-refractivity contribution in [2.75, 3.05) is 18.1 Å². The fourth-order valence-corrected chi connectivity index (χ4v) is 4.69. The van der Waals surface area contributed by atoms with Crippen LogP contribution < -0.4 is 5.73 Å². The third-order valence-electron chi connectivity index (χ3n) is 3.75. The molecule has 0 bridgehead atoms. The Morgan fingerprint density at radius 3 is 2.00 bits per heavy atom. The molecule has 0 aliphatic carbocycles. The fourth-order valence-electron chi connectivity index (χ4n) is 2.53. The van der Waals surface area contributed by atoms with E-state index in [2.05, 4.69) is 32.9 Å². The van der Waals surface area contributed by atoms with Gasteiger partial charge in [-0.2, -0.15) is 0 Å². The first-order chi connectivity index (χ1) is 8.19. The first kappa shape index (κ1) is 13.6. The zero-order valence-electron chi connectivity index (χ0n) is 11.2. The van der Waals surface area contributed by atoms with Crippen LogP contribution in [0.5, 0.6) is 0 Å². The molecule has 2 rings (SSSR count). The van der Waals surface area contributed by atoms with Crippen LogP contribution in [0.25, 0.3) is 0 Å². The van der Waals surface area contributed by atoms with E-state index in [1.54, 1.807) is 0 Å². The highest BCUT2D eigenvalue weighted by atomic mass is 32.2. The predicted octanol–water partition coefficient (Wildman–Crippen LogP) is 1.61. The minimum absolute atomic E-state index is 0.111. The Hall–Kier alpha value is -0.870. The Balaban J connectivity index is 2.30. The summed E-state index contributed by atoms with van der Waals surface area (Å²) in [5.74, 6) is 0.372. The molecular weight excluding hydrogens is 246 g/mol. The van der Waals surface area contributed by atoms with Crippen LogP contribution in [-0.4, -0.2) is 26.5 Å². The van der Waals surface area contributed by atoms with E-state index in [4.69, 9.17) is 5.73 Å². The summed E-state index contributed by atoms with van der Waals surface area (Å²) in [6.45, 7) is 6.87. The molecule has 1 fully saturated rings. The molecule has 0 atom stereocenters. The normalized spacial score (nSPS) is 21.3. The van der Waals surface area contributed by atoms with Crippen LogP contribution in [0.15, 0.2) is 24.3 Å². The minimum Gasteiger partial charge on any atom is -0.330 e. The third kappa shape index (κ3) is 2.31. The maximum absolute atomic E-state index is 11.4. The van der Waals surface area contributed by atoms with Crippen LogP contribution in [0.2, 0.25) is 0 Å². The topological polar surface area (TPSA) is 60.2 Å². The number of nitrogens with two attached hydrogens (primary N) is 1. The van der Waals surface area contributed by atoms with E-state index in [-0.39, 0.29) is 22.3 Å². The molecule has 18 heavy (non-hydrogen) atoms. The van der Waals surface area contributed by atoms with Crippen molar-refractivity contribution < 1.29 is 8.42 Å². The summed E-state index contributed by atoms with van der Waals surface area (Å²) in [5.41, 5.74) is 7.84. The average Bonchev–Trinajstić information content (AvgIpc) is 2.24.